The van der Waals surface area contributed by atoms with Gasteiger partial charge >= 0.3 is 0 Å². The van der Waals surface area contributed by atoms with Crippen LogP contribution in [-0.2, 0) is 4.79 Å². The standard InChI is InChI=1S/C13H16N2O2/c1-10(2)9-13(16)15-11-5-3-4-6-12(11)17-8-7-14/h3-6,10H,8-9H2,1-2H3,(H,15,16). The van der Waals surface area contributed by atoms with Crippen LogP contribution in [0.4, 0.5) is 5.69 Å². The highest BCUT2D eigenvalue weighted by atomic mass is 16.5. The van der Waals surface area contributed by atoms with Gasteiger partial charge in [-0.15, -0.1) is 0 Å². The third-order valence-electron chi connectivity index (χ3n) is 2.05. The summed E-state index contributed by atoms with van der Waals surface area (Å²) in [4.78, 5) is 11.6. The number of para-hydroxylation sites is 2. The van der Waals surface area contributed by atoms with Crippen molar-refractivity contribution in [1.82, 2.24) is 0 Å². The van der Waals surface area contributed by atoms with E-state index in [0.717, 1.165) is 0 Å². The maximum atomic E-state index is 11.6. The van der Waals surface area contributed by atoms with Gasteiger partial charge in [-0.2, -0.15) is 5.26 Å². The topological polar surface area (TPSA) is 62.1 Å². The second kappa shape index (κ2) is 6.54. The summed E-state index contributed by atoms with van der Waals surface area (Å²) >= 11 is 0. The van der Waals surface area contributed by atoms with E-state index in [9.17, 15) is 4.79 Å². The van der Waals surface area contributed by atoms with E-state index < -0.39 is 0 Å². The summed E-state index contributed by atoms with van der Waals surface area (Å²) in [6.45, 7) is 3.94. The fourth-order valence-corrected chi connectivity index (χ4v) is 1.38. The molecule has 1 N–H and O–H groups in total. The molecule has 1 aromatic rings. The molecular formula is C13H16N2O2. The van der Waals surface area contributed by atoms with Gasteiger partial charge in [-0.3, -0.25) is 4.79 Å². The van der Waals surface area contributed by atoms with Crippen LogP contribution in [0.1, 0.15) is 20.3 Å². The Kier molecular flexibility index (Phi) is 5.02. The lowest BCUT2D eigenvalue weighted by Gasteiger charge is -2.11. The molecule has 0 saturated heterocycles. The van der Waals surface area contributed by atoms with Gasteiger partial charge in [0, 0.05) is 6.42 Å². The van der Waals surface area contributed by atoms with Crippen molar-refractivity contribution in [3.05, 3.63) is 24.3 Å². The van der Waals surface area contributed by atoms with Gasteiger partial charge in [-0.25, -0.2) is 0 Å². The number of nitrogens with one attached hydrogen (secondary N) is 1. The molecule has 0 atom stereocenters. The minimum Gasteiger partial charge on any atom is -0.477 e. The van der Waals surface area contributed by atoms with Gasteiger partial charge in [-0.05, 0) is 18.1 Å². The maximum Gasteiger partial charge on any atom is 0.224 e. The second-order valence-corrected chi connectivity index (χ2v) is 4.09. The van der Waals surface area contributed by atoms with Crippen molar-refractivity contribution in [2.45, 2.75) is 20.3 Å². The highest BCUT2D eigenvalue weighted by molar-refractivity contribution is 5.92. The van der Waals surface area contributed by atoms with Crippen LogP contribution in [0, 0.1) is 17.2 Å². The number of ether oxygens (including phenoxy) is 1. The summed E-state index contributed by atoms with van der Waals surface area (Å²) in [6, 6.07) is 8.98. The van der Waals surface area contributed by atoms with Gasteiger partial charge in [0.2, 0.25) is 5.91 Å². The predicted octanol–water partition coefficient (Wildman–Crippen LogP) is 2.57. The van der Waals surface area contributed by atoms with Crippen LogP contribution >= 0.6 is 0 Å². The molecule has 0 heterocycles. The molecule has 0 saturated carbocycles. The first kappa shape index (κ1) is 13.0. The fourth-order valence-electron chi connectivity index (χ4n) is 1.38. The zero-order valence-corrected chi connectivity index (χ0v) is 10.1. The minimum atomic E-state index is -0.0481. The number of anilines is 1. The molecule has 0 fully saturated rings. The number of carbonyl (C=O) groups is 1. The largest absolute Gasteiger partial charge is 0.477 e. The summed E-state index contributed by atoms with van der Waals surface area (Å²) in [5.41, 5.74) is 0.605. The molecule has 90 valence electrons. The molecule has 0 aliphatic heterocycles. The van der Waals surface area contributed by atoms with E-state index in [0.29, 0.717) is 23.8 Å². The van der Waals surface area contributed by atoms with Crippen LogP contribution in [0.15, 0.2) is 24.3 Å². The van der Waals surface area contributed by atoms with Crippen LogP contribution in [0.5, 0.6) is 5.75 Å². The molecule has 0 unspecified atom stereocenters. The lowest BCUT2D eigenvalue weighted by molar-refractivity contribution is -0.116. The summed E-state index contributed by atoms with van der Waals surface area (Å²) in [5.74, 6) is 0.779. The molecule has 17 heavy (non-hydrogen) atoms. The molecule has 1 amide bonds. The minimum absolute atomic E-state index is 0.0307. The molecule has 0 radical (unpaired) electrons. The fraction of sp³-hybridized carbons (Fsp3) is 0.385. The van der Waals surface area contributed by atoms with Crippen LogP contribution in [-0.4, -0.2) is 12.5 Å². The predicted molar refractivity (Wildman–Crippen MR) is 65.6 cm³/mol. The number of hydrogen-bond acceptors (Lipinski definition) is 3. The Hall–Kier alpha value is -2.02. The van der Waals surface area contributed by atoms with E-state index in [1.165, 1.54) is 0 Å². The number of amides is 1. The van der Waals surface area contributed by atoms with Crippen molar-refractivity contribution in [2.24, 2.45) is 5.92 Å². The molecule has 4 nitrogen and oxygen atoms in total. The van der Waals surface area contributed by atoms with Crippen molar-refractivity contribution in [3.8, 4) is 11.8 Å². The molecule has 0 aliphatic carbocycles. The number of nitriles is 1. The summed E-state index contributed by atoms with van der Waals surface area (Å²) in [6.07, 6.45) is 0.465. The average molecular weight is 232 g/mol. The Balaban J connectivity index is 2.69. The first-order valence-electron chi connectivity index (χ1n) is 5.52. The normalized spacial score (nSPS) is 9.76. The quantitative estimate of drug-likeness (QED) is 0.848. The smallest absolute Gasteiger partial charge is 0.224 e. The lowest BCUT2D eigenvalue weighted by Crippen LogP contribution is -2.14. The van der Waals surface area contributed by atoms with Gasteiger partial charge in [0.25, 0.3) is 0 Å². The highest BCUT2D eigenvalue weighted by Crippen LogP contribution is 2.23. The molecule has 0 aliphatic rings. The molecular weight excluding hydrogens is 216 g/mol. The van der Waals surface area contributed by atoms with Crippen molar-refractivity contribution in [1.29, 1.82) is 5.26 Å². The van der Waals surface area contributed by atoms with Gasteiger partial charge < -0.3 is 10.1 Å². The monoisotopic (exact) mass is 232 g/mol. The Morgan fingerprint density at radius 2 is 2.18 bits per heavy atom. The molecule has 4 heteroatoms. The second-order valence-electron chi connectivity index (χ2n) is 4.09. The van der Waals surface area contributed by atoms with E-state index >= 15 is 0 Å². The molecule has 1 aromatic carbocycles. The van der Waals surface area contributed by atoms with Crippen molar-refractivity contribution in [3.63, 3.8) is 0 Å². The molecule has 0 spiro atoms. The van der Waals surface area contributed by atoms with Gasteiger partial charge in [0.1, 0.15) is 11.8 Å². The SMILES string of the molecule is CC(C)CC(=O)Nc1ccccc1OCC#N. The lowest BCUT2D eigenvalue weighted by atomic mass is 10.1. The first-order chi connectivity index (χ1) is 8.13. The zero-order valence-electron chi connectivity index (χ0n) is 10.1. The van der Waals surface area contributed by atoms with E-state index in [1.54, 1.807) is 18.2 Å². The average Bonchev–Trinajstić information content (AvgIpc) is 2.26. The van der Waals surface area contributed by atoms with Gasteiger partial charge in [-0.1, -0.05) is 26.0 Å². The maximum absolute atomic E-state index is 11.6. The zero-order chi connectivity index (χ0) is 12.7. The Bertz CT molecular complexity index is 422. The third-order valence-corrected chi connectivity index (χ3v) is 2.05. The van der Waals surface area contributed by atoms with Crippen LogP contribution in [0.3, 0.4) is 0 Å². The van der Waals surface area contributed by atoms with Crippen LogP contribution in [0.25, 0.3) is 0 Å². The van der Waals surface area contributed by atoms with E-state index in [-0.39, 0.29) is 12.5 Å². The summed E-state index contributed by atoms with van der Waals surface area (Å²) < 4.78 is 5.22. The highest BCUT2D eigenvalue weighted by Gasteiger charge is 2.08. The number of nitrogens with zero attached hydrogens (tertiary/aromatic N) is 1. The molecule has 1 rings (SSSR count). The number of carbonyl (C=O) groups excluding carboxylic acids is 1. The molecule has 0 aromatic heterocycles. The van der Waals surface area contributed by atoms with Crippen LogP contribution in [0.2, 0.25) is 0 Å². The first-order valence-corrected chi connectivity index (χ1v) is 5.52. The van der Waals surface area contributed by atoms with Crippen molar-refractivity contribution in [2.75, 3.05) is 11.9 Å². The summed E-state index contributed by atoms with van der Waals surface area (Å²) in [7, 11) is 0. The number of benzene rings is 1. The van der Waals surface area contributed by atoms with E-state index in [4.69, 9.17) is 10.00 Å². The Morgan fingerprint density at radius 3 is 2.82 bits per heavy atom. The number of hydrogen-bond donors (Lipinski definition) is 1. The van der Waals surface area contributed by atoms with Gasteiger partial charge in [0.15, 0.2) is 6.61 Å². The van der Waals surface area contributed by atoms with E-state index in [2.05, 4.69) is 5.32 Å². The van der Waals surface area contributed by atoms with Crippen molar-refractivity contribution >= 4 is 11.6 Å². The Morgan fingerprint density at radius 1 is 1.47 bits per heavy atom. The Labute approximate surface area is 101 Å². The van der Waals surface area contributed by atoms with Gasteiger partial charge in [0.05, 0.1) is 5.69 Å². The third kappa shape index (κ3) is 4.56. The van der Waals surface area contributed by atoms with Crippen LogP contribution < -0.4 is 10.1 Å². The summed E-state index contributed by atoms with van der Waals surface area (Å²) in [5, 5.41) is 11.2. The molecule has 0 bridgehead atoms. The van der Waals surface area contributed by atoms with Crippen molar-refractivity contribution < 1.29 is 9.53 Å². The number of rotatable bonds is 5. The van der Waals surface area contributed by atoms with E-state index in [1.807, 2.05) is 26.0 Å².